The first-order valence-electron chi connectivity index (χ1n) is 8.65. The van der Waals surface area contributed by atoms with E-state index in [1.54, 1.807) is 26.0 Å². The van der Waals surface area contributed by atoms with Crippen molar-refractivity contribution in [2.75, 3.05) is 6.61 Å². The molecule has 0 aliphatic rings. The quantitative estimate of drug-likeness (QED) is 0.504. The highest BCUT2D eigenvalue weighted by atomic mass is 16.5. The molecular formula is C21H21NO4. The van der Waals surface area contributed by atoms with Gasteiger partial charge in [0.15, 0.2) is 0 Å². The monoisotopic (exact) mass is 351 g/mol. The number of fused-ring (bicyclic) bond motifs is 1. The molecule has 5 heteroatoms. The van der Waals surface area contributed by atoms with Gasteiger partial charge in [-0.2, -0.15) is 0 Å². The molecule has 0 saturated carbocycles. The van der Waals surface area contributed by atoms with Crippen molar-refractivity contribution in [3.05, 3.63) is 59.8 Å². The largest absolute Gasteiger partial charge is 0.462 e. The van der Waals surface area contributed by atoms with Crippen LogP contribution >= 0.6 is 0 Å². The Morgan fingerprint density at radius 1 is 1.04 bits per heavy atom. The highest BCUT2D eigenvalue weighted by molar-refractivity contribution is 6.07. The molecular weight excluding hydrogens is 330 g/mol. The smallest absolute Gasteiger partial charge is 0.340 e. The minimum atomic E-state index is -0.386. The molecule has 0 fully saturated rings. The SMILES string of the molecule is CCOC(=O)c1c(C)n(-c2ccccc2)c2ccc(OC(=O)CC)cc12. The molecule has 0 spiro atoms. The molecule has 0 atom stereocenters. The van der Waals surface area contributed by atoms with E-state index in [0.717, 1.165) is 16.9 Å². The van der Waals surface area contributed by atoms with E-state index < -0.39 is 0 Å². The molecule has 3 aromatic rings. The van der Waals surface area contributed by atoms with Gasteiger partial charge in [-0.1, -0.05) is 25.1 Å². The van der Waals surface area contributed by atoms with E-state index in [9.17, 15) is 9.59 Å². The third kappa shape index (κ3) is 3.20. The van der Waals surface area contributed by atoms with Gasteiger partial charge in [-0.15, -0.1) is 0 Å². The Morgan fingerprint density at radius 2 is 1.77 bits per heavy atom. The molecule has 0 aliphatic carbocycles. The number of hydrogen-bond acceptors (Lipinski definition) is 4. The van der Waals surface area contributed by atoms with Crippen LogP contribution in [0.2, 0.25) is 0 Å². The number of rotatable bonds is 5. The number of carbonyl (C=O) groups is 2. The zero-order chi connectivity index (χ0) is 18.7. The number of nitrogens with zero attached hydrogens (tertiary/aromatic N) is 1. The second kappa shape index (κ2) is 7.44. The van der Waals surface area contributed by atoms with Gasteiger partial charge in [-0.05, 0) is 44.2 Å². The van der Waals surface area contributed by atoms with Gasteiger partial charge < -0.3 is 14.0 Å². The lowest BCUT2D eigenvalue weighted by Gasteiger charge is -2.09. The highest BCUT2D eigenvalue weighted by Gasteiger charge is 2.22. The van der Waals surface area contributed by atoms with Gasteiger partial charge >= 0.3 is 11.9 Å². The number of para-hydroxylation sites is 1. The summed E-state index contributed by atoms with van der Waals surface area (Å²) in [7, 11) is 0. The van der Waals surface area contributed by atoms with Crippen molar-refractivity contribution in [3.8, 4) is 11.4 Å². The molecule has 1 heterocycles. The van der Waals surface area contributed by atoms with Crippen molar-refractivity contribution in [1.29, 1.82) is 0 Å². The summed E-state index contributed by atoms with van der Waals surface area (Å²) >= 11 is 0. The summed E-state index contributed by atoms with van der Waals surface area (Å²) in [6.45, 7) is 5.69. The second-order valence-corrected chi connectivity index (χ2v) is 5.86. The van der Waals surface area contributed by atoms with Crippen LogP contribution in [0.3, 0.4) is 0 Å². The zero-order valence-electron chi connectivity index (χ0n) is 15.1. The number of ether oxygens (including phenoxy) is 2. The fraction of sp³-hybridized carbons (Fsp3) is 0.238. The van der Waals surface area contributed by atoms with Gasteiger partial charge in [0.2, 0.25) is 0 Å². The maximum absolute atomic E-state index is 12.6. The molecule has 0 amide bonds. The lowest BCUT2D eigenvalue weighted by molar-refractivity contribution is -0.134. The van der Waals surface area contributed by atoms with Gasteiger partial charge in [0.25, 0.3) is 0 Å². The van der Waals surface area contributed by atoms with Gasteiger partial charge in [0, 0.05) is 23.2 Å². The topological polar surface area (TPSA) is 57.5 Å². The van der Waals surface area contributed by atoms with Crippen LogP contribution in [0.25, 0.3) is 16.6 Å². The Hall–Kier alpha value is -3.08. The summed E-state index contributed by atoms with van der Waals surface area (Å²) in [6, 6.07) is 15.1. The average molecular weight is 351 g/mol. The molecule has 134 valence electrons. The first-order chi connectivity index (χ1) is 12.6. The van der Waals surface area contributed by atoms with Crippen LogP contribution in [0.5, 0.6) is 5.75 Å². The number of esters is 2. The molecule has 0 saturated heterocycles. The first kappa shape index (κ1) is 17.7. The van der Waals surface area contributed by atoms with E-state index in [4.69, 9.17) is 9.47 Å². The normalized spacial score (nSPS) is 10.7. The van der Waals surface area contributed by atoms with Gasteiger partial charge in [0.05, 0.1) is 17.7 Å². The Kier molecular flexibility index (Phi) is 5.07. The minimum Gasteiger partial charge on any atom is -0.462 e. The fourth-order valence-electron chi connectivity index (χ4n) is 3.04. The highest BCUT2D eigenvalue weighted by Crippen LogP contribution is 2.32. The molecule has 0 radical (unpaired) electrons. The summed E-state index contributed by atoms with van der Waals surface area (Å²) in [5.74, 6) is -0.287. The lowest BCUT2D eigenvalue weighted by Crippen LogP contribution is -2.07. The fourth-order valence-corrected chi connectivity index (χ4v) is 3.04. The van der Waals surface area contributed by atoms with E-state index in [1.165, 1.54) is 0 Å². The Labute approximate surface area is 152 Å². The van der Waals surface area contributed by atoms with Crippen molar-refractivity contribution in [2.24, 2.45) is 0 Å². The zero-order valence-corrected chi connectivity index (χ0v) is 15.1. The molecule has 0 unspecified atom stereocenters. The molecule has 1 aromatic heterocycles. The van der Waals surface area contributed by atoms with Crippen LogP contribution < -0.4 is 4.74 Å². The van der Waals surface area contributed by atoms with Gasteiger partial charge in [-0.3, -0.25) is 4.79 Å². The third-order valence-corrected chi connectivity index (χ3v) is 4.19. The van der Waals surface area contributed by atoms with Crippen LogP contribution in [0.4, 0.5) is 0 Å². The summed E-state index contributed by atoms with van der Waals surface area (Å²) < 4.78 is 12.6. The van der Waals surface area contributed by atoms with Crippen LogP contribution in [-0.4, -0.2) is 23.1 Å². The summed E-state index contributed by atoms with van der Waals surface area (Å²) in [4.78, 5) is 24.2. The molecule has 0 bridgehead atoms. The first-order valence-corrected chi connectivity index (χ1v) is 8.65. The molecule has 3 rings (SSSR count). The minimum absolute atomic E-state index is 0.285. The van der Waals surface area contributed by atoms with Crippen molar-refractivity contribution in [1.82, 2.24) is 4.57 Å². The predicted molar refractivity (Wildman–Crippen MR) is 99.9 cm³/mol. The van der Waals surface area contributed by atoms with E-state index in [2.05, 4.69) is 0 Å². The third-order valence-electron chi connectivity index (χ3n) is 4.19. The van der Waals surface area contributed by atoms with Crippen LogP contribution in [0.1, 0.15) is 36.3 Å². The standard InChI is InChI=1S/C21H21NO4/c1-4-19(23)26-16-11-12-18-17(13-16)20(21(24)25-5-2)14(3)22(18)15-9-7-6-8-10-15/h6-13H,4-5H2,1-3H3. The maximum atomic E-state index is 12.6. The molecule has 5 nitrogen and oxygen atoms in total. The number of carbonyl (C=O) groups excluding carboxylic acids is 2. The Morgan fingerprint density at radius 3 is 2.42 bits per heavy atom. The molecule has 2 aromatic carbocycles. The number of aromatic nitrogens is 1. The summed E-state index contributed by atoms with van der Waals surface area (Å²) in [6.07, 6.45) is 0.285. The average Bonchev–Trinajstić information content (AvgIpc) is 2.93. The van der Waals surface area contributed by atoms with E-state index in [-0.39, 0.29) is 18.4 Å². The summed E-state index contributed by atoms with van der Waals surface area (Å²) in [5.41, 5.74) is 3.07. The molecule has 26 heavy (non-hydrogen) atoms. The number of benzene rings is 2. The lowest BCUT2D eigenvalue weighted by atomic mass is 10.1. The van der Waals surface area contributed by atoms with E-state index in [0.29, 0.717) is 23.3 Å². The van der Waals surface area contributed by atoms with Crippen LogP contribution in [0, 0.1) is 6.92 Å². The van der Waals surface area contributed by atoms with Crippen molar-refractivity contribution >= 4 is 22.8 Å². The number of hydrogen-bond donors (Lipinski definition) is 0. The maximum Gasteiger partial charge on any atom is 0.340 e. The second-order valence-electron chi connectivity index (χ2n) is 5.86. The van der Waals surface area contributed by atoms with Gasteiger partial charge in [0.1, 0.15) is 5.75 Å². The van der Waals surface area contributed by atoms with Crippen molar-refractivity contribution in [2.45, 2.75) is 27.2 Å². The van der Waals surface area contributed by atoms with Crippen molar-refractivity contribution < 1.29 is 19.1 Å². The Bertz CT molecular complexity index is 957. The molecule has 0 N–H and O–H groups in total. The van der Waals surface area contributed by atoms with Crippen molar-refractivity contribution in [3.63, 3.8) is 0 Å². The summed E-state index contributed by atoms with van der Waals surface area (Å²) in [5, 5.41) is 0.700. The Balaban J connectivity index is 2.24. The predicted octanol–water partition coefficient (Wildman–Crippen LogP) is 4.43. The van der Waals surface area contributed by atoms with Crippen LogP contribution in [0.15, 0.2) is 48.5 Å². The van der Waals surface area contributed by atoms with Crippen LogP contribution in [-0.2, 0) is 9.53 Å². The van der Waals surface area contributed by atoms with E-state index >= 15 is 0 Å². The van der Waals surface area contributed by atoms with E-state index in [1.807, 2.05) is 47.9 Å². The molecule has 0 aliphatic heterocycles. The van der Waals surface area contributed by atoms with Gasteiger partial charge in [-0.25, -0.2) is 4.79 Å².